The molecule has 0 aliphatic heterocycles. The third-order valence-electron chi connectivity index (χ3n) is 3.75. The number of nitrogens with one attached hydrogen (secondary N) is 1. The van der Waals surface area contributed by atoms with Gasteiger partial charge in [-0.2, -0.15) is 0 Å². The topological polar surface area (TPSA) is 85.8 Å². The van der Waals surface area contributed by atoms with Gasteiger partial charge in [0.05, 0.1) is 10.3 Å². The molecule has 1 heterocycles. The molecule has 3 N–H and O–H groups in total. The van der Waals surface area contributed by atoms with Crippen LogP contribution in [0.5, 0.6) is 0 Å². The molecule has 3 rings (SSSR count). The zero-order valence-electron chi connectivity index (χ0n) is 14.3. The second-order valence-corrected chi connectivity index (χ2v) is 7.49. The van der Waals surface area contributed by atoms with Gasteiger partial charge in [0.25, 0.3) is 0 Å². The first-order valence-corrected chi connectivity index (χ1v) is 9.21. The molecule has 0 bridgehead atoms. The third kappa shape index (κ3) is 4.00. The summed E-state index contributed by atoms with van der Waals surface area (Å²) in [6.45, 7) is 3.78. The van der Waals surface area contributed by atoms with E-state index in [1.54, 1.807) is 13.0 Å². The van der Waals surface area contributed by atoms with Crippen LogP contribution in [0.4, 0.5) is 5.69 Å². The van der Waals surface area contributed by atoms with Crippen LogP contribution in [0.2, 0.25) is 5.02 Å². The number of carbonyl (C=O) groups excluding carboxylic acids is 1. The molecule has 6 nitrogen and oxygen atoms in total. The molecule has 0 aliphatic rings. The number of hydrogen-bond donors (Lipinski definition) is 2. The first-order chi connectivity index (χ1) is 12.5. The lowest BCUT2D eigenvalue weighted by atomic mass is 10.2. The molecular weight excluding hydrogens is 370 g/mol. The first-order valence-electron chi connectivity index (χ1n) is 7.95. The van der Waals surface area contributed by atoms with Crippen molar-refractivity contribution in [3.05, 3.63) is 59.1 Å². The normalized spacial score (nSPS) is 12.0. The summed E-state index contributed by atoms with van der Waals surface area (Å²) in [5, 5.41) is 11.6. The van der Waals surface area contributed by atoms with Crippen LogP contribution in [0.1, 0.15) is 12.5 Å². The first kappa shape index (κ1) is 18.3. The number of amides is 1. The highest BCUT2D eigenvalue weighted by Crippen LogP contribution is 2.29. The van der Waals surface area contributed by atoms with Crippen LogP contribution in [0.3, 0.4) is 0 Å². The molecule has 1 unspecified atom stereocenters. The number of carbonyl (C=O) groups is 1. The highest BCUT2D eigenvalue weighted by molar-refractivity contribution is 8.00. The van der Waals surface area contributed by atoms with E-state index in [2.05, 4.69) is 15.5 Å². The Morgan fingerprint density at radius 1 is 1.19 bits per heavy atom. The fraction of sp³-hybridized carbons (Fsp3) is 0.167. The van der Waals surface area contributed by atoms with E-state index < -0.39 is 5.25 Å². The van der Waals surface area contributed by atoms with Crippen LogP contribution in [0, 0.1) is 6.92 Å². The second-order valence-electron chi connectivity index (χ2n) is 5.77. The number of thioether (sulfide) groups is 1. The minimum absolute atomic E-state index is 0.138. The Morgan fingerprint density at radius 3 is 2.58 bits per heavy atom. The molecule has 1 aromatic heterocycles. The van der Waals surface area contributed by atoms with E-state index >= 15 is 0 Å². The van der Waals surface area contributed by atoms with Crippen molar-refractivity contribution in [2.45, 2.75) is 24.3 Å². The Bertz CT molecular complexity index is 926. The van der Waals surface area contributed by atoms with E-state index in [4.69, 9.17) is 17.4 Å². The molecule has 0 aliphatic carbocycles. The molecule has 1 atom stereocenters. The van der Waals surface area contributed by atoms with Gasteiger partial charge < -0.3 is 11.2 Å². The van der Waals surface area contributed by atoms with Crippen molar-refractivity contribution in [3.63, 3.8) is 0 Å². The van der Waals surface area contributed by atoms with E-state index in [-0.39, 0.29) is 5.91 Å². The lowest BCUT2D eigenvalue weighted by Crippen LogP contribution is -2.23. The van der Waals surface area contributed by atoms with Crippen molar-refractivity contribution in [1.29, 1.82) is 0 Å². The number of hydrogen-bond acceptors (Lipinski definition) is 5. The molecule has 134 valence electrons. The number of aryl methyl sites for hydroxylation is 1. The Labute approximate surface area is 160 Å². The van der Waals surface area contributed by atoms with Crippen molar-refractivity contribution in [2.75, 3.05) is 11.2 Å². The maximum atomic E-state index is 12.4. The fourth-order valence-corrected chi connectivity index (χ4v) is 3.27. The fourth-order valence-electron chi connectivity index (χ4n) is 2.28. The lowest BCUT2D eigenvalue weighted by molar-refractivity contribution is -0.115. The Balaban J connectivity index is 1.71. The molecular formula is C18H18ClN5OS. The summed E-state index contributed by atoms with van der Waals surface area (Å²) in [7, 11) is 0. The molecule has 0 spiro atoms. The largest absolute Gasteiger partial charge is 0.335 e. The number of halogens is 1. The maximum Gasteiger partial charge on any atom is 0.237 e. The summed E-state index contributed by atoms with van der Waals surface area (Å²) in [6, 6.07) is 14.9. The molecule has 0 saturated heterocycles. The van der Waals surface area contributed by atoms with Gasteiger partial charge in [-0.05, 0) is 38.1 Å². The van der Waals surface area contributed by atoms with Gasteiger partial charge in [0, 0.05) is 11.3 Å². The van der Waals surface area contributed by atoms with E-state index in [1.807, 2.05) is 49.4 Å². The average molecular weight is 388 g/mol. The molecule has 1 amide bonds. The van der Waals surface area contributed by atoms with Crippen molar-refractivity contribution in [1.82, 2.24) is 14.9 Å². The van der Waals surface area contributed by atoms with Gasteiger partial charge in [0.1, 0.15) is 0 Å². The SMILES string of the molecule is Cc1ccc(NC(=O)C(C)Sc2nnc(-c3ccccc3Cl)n2N)cc1. The van der Waals surface area contributed by atoms with Crippen molar-refractivity contribution >= 4 is 35.0 Å². The number of rotatable bonds is 5. The highest BCUT2D eigenvalue weighted by Gasteiger charge is 2.20. The van der Waals surface area contributed by atoms with Gasteiger partial charge in [-0.3, -0.25) is 4.79 Å². The van der Waals surface area contributed by atoms with Gasteiger partial charge in [-0.25, -0.2) is 4.68 Å². The monoisotopic (exact) mass is 387 g/mol. The van der Waals surface area contributed by atoms with Gasteiger partial charge in [-0.15, -0.1) is 10.2 Å². The molecule has 0 fully saturated rings. The zero-order valence-corrected chi connectivity index (χ0v) is 15.9. The smallest absolute Gasteiger partial charge is 0.237 e. The molecule has 2 aromatic carbocycles. The number of nitrogens with two attached hydrogens (primary N) is 1. The summed E-state index contributed by atoms with van der Waals surface area (Å²) in [6.07, 6.45) is 0. The van der Waals surface area contributed by atoms with Gasteiger partial charge in [0.15, 0.2) is 5.82 Å². The Morgan fingerprint density at radius 2 is 1.88 bits per heavy atom. The number of anilines is 1. The van der Waals surface area contributed by atoms with Crippen molar-refractivity contribution in [2.24, 2.45) is 0 Å². The number of aromatic nitrogens is 3. The van der Waals surface area contributed by atoms with Crippen LogP contribution in [-0.2, 0) is 4.79 Å². The lowest BCUT2D eigenvalue weighted by Gasteiger charge is -2.12. The Hall–Kier alpha value is -2.51. The number of benzene rings is 2. The maximum absolute atomic E-state index is 12.4. The van der Waals surface area contributed by atoms with Gasteiger partial charge >= 0.3 is 0 Å². The second kappa shape index (κ2) is 7.80. The van der Waals surface area contributed by atoms with Crippen LogP contribution in [0.15, 0.2) is 53.7 Å². The minimum atomic E-state index is -0.401. The van der Waals surface area contributed by atoms with Crippen molar-refractivity contribution < 1.29 is 4.79 Å². The zero-order chi connectivity index (χ0) is 18.7. The van der Waals surface area contributed by atoms with E-state index in [0.717, 1.165) is 11.3 Å². The van der Waals surface area contributed by atoms with Gasteiger partial charge in [-0.1, -0.05) is 53.2 Å². The summed E-state index contributed by atoms with van der Waals surface area (Å²) >= 11 is 7.42. The standard InChI is InChI=1S/C18H18ClN5OS/c1-11-7-9-13(10-8-11)21-17(25)12(2)26-18-23-22-16(24(18)20)14-5-3-4-6-15(14)19/h3-10,12H,20H2,1-2H3,(H,21,25). The Kier molecular flexibility index (Phi) is 5.49. The minimum Gasteiger partial charge on any atom is -0.335 e. The summed E-state index contributed by atoms with van der Waals surface area (Å²) in [5.41, 5.74) is 2.57. The number of nitrogens with zero attached hydrogens (tertiary/aromatic N) is 3. The van der Waals surface area contributed by atoms with Gasteiger partial charge in [0.2, 0.25) is 11.1 Å². The quantitative estimate of drug-likeness (QED) is 0.514. The highest BCUT2D eigenvalue weighted by atomic mass is 35.5. The molecule has 0 radical (unpaired) electrons. The molecule has 26 heavy (non-hydrogen) atoms. The van der Waals surface area contributed by atoms with Crippen LogP contribution >= 0.6 is 23.4 Å². The van der Waals surface area contributed by atoms with E-state index in [0.29, 0.717) is 21.6 Å². The molecule has 0 saturated carbocycles. The van der Waals surface area contributed by atoms with Crippen LogP contribution in [-0.4, -0.2) is 26.0 Å². The average Bonchev–Trinajstić information content (AvgIpc) is 2.98. The summed E-state index contributed by atoms with van der Waals surface area (Å²) < 4.78 is 1.35. The van der Waals surface area contributed by atoms with Crippen LogP contribution in [0.25, 0.3) is 11.4 Å². The van der Waals surface area contributed by atoms with Crippen molar-refractivity contribution in [3.8, 4) is 11.4 Å². The summed E-state index contributed by atoms with van der Waals surface area (Å²) in [4.78, 5) is 12.4. The summed E-state index contributed by atoms with van der Waals surface area (Å²) in [5.74, 6) is 6.41. The predicted octanol–water partition coefficient (Wildman–Crippen LogP) is 3.74. The predicted molar refractivity (Wildman–Crippen MR) is 106 cm³/mol. The third-order valence-corrected chi connectivity index (χ3v) is 5.14. The molecule has 8 heteroatoms. The van der Waals surface area contributed by atoms with E-state index in [1.165, 1.54) is 16.4 Å². The number of nitrogen functional groups attached to an aromatic ring is 1. The molecule has 3 aromatic rings. The van der Waals surface area contributed by atoms with E-state index in [9.17, 15) is 4.79 Å². The van der Waals surface area contributed by atoms with Crippen LogP contribution < -0.4 is 11.2 Å².